The van der Waals surface area contributed by atoms with Crippen LogP contribution in [0.3, 0.4) is 0 Å². The van der Waals surface area contributed by atoms with Gasteiger partial charge in [-0.05, 0) is 37.5 Å². The van der Waals surface area contributed by atoms with Crippen LogP contribution in [-0.2, 0) is 5.54 Å². The Morgan fingerprint density at radius 1 is 1.41 bits per heavy atom. The average molecular weight is 309 g/mol. The molecule has 1 saturated carbocycles. The smallest absolute Gasteiger partial charge is 0.123 e. The molecule has 0 saturated heterocycles. The van der Waals surface area contributed by atoms with Gasteiger partial charge in [-0.1, -0.05) is 22.0 Å². The molecule has 4 heteroatoms. The third kappa shape index (κ3) is 2.05. The first kappa shape index (κ1) is 11.4. The van der Waals surface area contributed by atoms with Crippen molar-refractivity contribution in [1.29, 1.82) is 0 Å². The standard InChI is InChI=1S/C13H13BrN2S/c1-8-2-3-9(14)6-10(8)12-16-11(7-17-12)13(15)4-5-13/h2-3,6-7H,4-5,15H2,1H3. The SMILES string of the molecule is Cc1ccc(Br)cc1-c1nc(C2(N)CC2)cs1. The fourth-order valence-corrected chi connectivity index (χ4v) is 3.21. The molecule has 1 heterocycles. The summed E-state index contributed by atoms with van der Waals surface area (Å²) in [6.07, 6.45) is 2.13. The average Bonchev–Trinajstić information content (AvgIpc) is 2.88. The Hall–Kier alpha value is -0.710. The number of nitrogens with two attached hydrogens (primary N) is 1. The van der Waals surface area contributed by atoms with E-state index in [4.69, 9.17) is 5.73 Å². The Morgan fingerprint density at radius 2 is 2.18 bits per heavy atom. The van der Waals surface area contributed by atoms with Gasteiger partial charge in [-0.2, -0.15) is 0 Å². The summed E-state index contributed by atoms with van der Waals surface area (Å²) in [6, 6.07) is 6.28. The molecule has 1 aliphatic rings. The number of nitrogens with zero attached hydrogens (tertiary/aromatic N) is 1. The molecule has 0 atom stereocenters. The molecule has 0 aliphatic heterocycles. The van der Waals surface area contributed by atoms with Gasteiger partial charge in [-0.15, -0.1) is 11.3 Å². The van der Waals surface area contributed by atoms with Crippen LogP contribution >= 0.6 is 27.3 Å². The van der Waals surface area contributed by atoms with Crippen LogP contribution in [0.5, 0.6) is 0 Å². The van der Waals surface area contributed by atoms with Gasteiger partial charge in [0.1, 0.15) is 5.01 Å². The van der Waals surface area contributed by atoms with Crippen molar-refractivity contribution in [3.63, 3.8) is 0 Å². The van der Waals surface area contributed by atoms with Gasteiger partial charge >= 0.3 is 0 Å². The highest BCUT2D eigenvalue weighted by molar-refractivity contribution is 9.10. The molecule has 0 amide bonds. The van der Waals surface area contributed by atoms with E-state index >= 15 is 0 Å². The normalized spacial score (nSPS) is 17.1. The van der Waals surface area contributed by atoms with Gasteiger partial charge in [-0.3, -0.25) is 0 Å². The second-order valence-electron chi connectivity index (χ2n) is 4.65. The van der Waals surface area contributed by atoms with Gasteiger partial charge < -0.3 is 5.73 Å². The lowest BCUT2D eigenvalue weighted by Crippen LogP contribution is -2.18. The number of halogens is 1. The van der Waals surface area contributed by atoms with E-state index in [1.165, 1.54) is 11.1 Å². The minimum absolute atomic E-state index is 0.130. The molecular formula is C13H13BrN2S. The summed E-state index contributed by atoms with van der Waals surface area (Å²) in [7, 11) is 0. The van der Waals surface area contributed by atoms with Gasteiger partial charge in [0, 0.05) is 15.4 Å². The maximum Gasteiger partial charge on any atom is 0.123 e. The number of benzene rings is 1. The van der Waals surface area contributed by atoms with Crippen molar-refractivity contribution in [3.8, 4) is 10.6 Å². The maximum atomic E-state index is 6.16. The van der Waals surface area contributed by atoms with Gasteiger partial charge in [0.2, 0.25) is 0 Å². The first-order valence-corrected chi connectivity index (χ1v) is 7.27. The zero-order valence-corrected chi connectivity index (χ0v) is 11.9. The molecule has 2 nitrogen and oxygen atoms in total. The largest absolute Gasteiger partial charge is 0.320 e. The summed E-state index contributed by atoms with van der Waals surface area (Å²) >= 11 is 5.18. The van der Waals surface area contributed by atoms with Crippen LogP contribution in [0.2, 0.25) is 0 Å². The molecule has 0 radical (unpaired) electrons. The lowest BCUT2D eigenvalue weighted by molar-refractivity contribution is 0.715. The summed E-state index contributed by atoms with van der Waals surface area (Å²) in [5.74, 6) is 0. The van der Waals surface area contributed by atoms with E-state index in [1.807, 2.05) is 0 Å². The Balaban J connectivity index is 2.03. The zero-order chi connectivity index (χ0) is 12.0. The fraction of sp³-hybridized carbons (Fsp3) is 0.308. The first-order chi connectivity index (χ1) is 8.08. The predicted molar refractivity (Wildman–Crippen MR) is 75.1 cm³/mol. The van der Waals surface area contributed by atoms with E-state index in [2.05, 4.69) is 51.4 Å². The Labute approximate surface area is 113 Å². The van der Waals surface area contributed by atoms with Crippen molar-refractivity contribution in [1.82, 2.24) is 4.98 Å². The lowest BCUT2D eigenvalue weighted by atomic mass is 10.1. The molecule has 0 unspecified atom stereocenters. The van der Waals surface area contributed by atoms with Crippen molar-refractivity contribution in [3.05, 3.63) is 39.3 Å². The lowest BCUT2D eigenvalue weighted by Gasteiger charge is -2.04. The van der Waals surface area contributed by atoms with Crippen LogP contribution in [0.4, 0.5) is 0 Å². The second-order valence-corrected chi connectivity index (χ2v) is 6.43. The van der Waals surface area contributed by atoms with Crippen LogP contribution < -0.4 is 5.73 Å². The molecule has 0 spiro atoms. The monoisotopic (exact) mass is 308 g/mol. The summed E-state index contributed by atoms with van der Waals surface area (Å²) in [5.41, 5.74) is 9.53. The first-order valence-electron chi connectivity index (χ1n) is 5.60. The van der Waals surface area contributed by atoms with E-state index in [1.54, 1.807) is 11.3 Å². The Kier molecular flexibility index (Phi) is 2.61. The van der Waals surface area contributed by atoms with Crippen molar-refractivity contribution in [2.75, 3.05) is 0 Å². The van der Waals surface area contributed by atoms with Gasteiger partial charge in [0.05, 0.1) is 11.2 Å². The number of hydrogen-bond acceptors (Lipinski definition) is 3. The van der Waals surface area contributed by atoms with Crippen molar-refractivity contribution >= 4 is 27.3 Å². The van der Waals surface area contributed by atoms with Crippen LogP contribution in [0.15, 0.2) is 28.1 Å². The summed E-state index contributed by atoms with van der Waals surface area (Å²) in [4.78, 5) is 4.69. The van der Waals surface area contributed by atoms with Gasteiger partial charge in [0.15, 0.2) is 0 Å². The molecule has 88 valence electrons. The van der Waals surface area contributed by atoms with Crippen molar-refractivity contribution in [2.45, 2.75) is 25.3 Å². The molecule has 2 N–H and O–H groups in total. The van der Waals surface area contributed by atoms with E-state index in [0.29, 0.717) is 0 Å². The van der Waals surface area contributed by atoms with Crippen LogP contribution in [0.25, 0.3) is 10.6 Å². The van der Waals surface area contributed by atoms with Crippen LogP contribution in [-0.4, -0.2) is 4.98 Å². The molecular weight excluding hydrogens is 296 g/mol. The highest BCUT2D eigenvalue weighted by atomic mass is 79.9. The molecule has 1 aromatic heterocycles. The molecule has 2 aromatic rings. The second kappa shape index (κ2) is 3.90. The molecule has 3 rings (SSSR count). The third-order valence-corrected chi connectivity index (χ3v) is 4.60. The number of aryl methyl sites for hydroxylation is 1. The third-order valence-electron chi connectivity index (χ3n) is 3.23. The fourth-order valence-electron chi connectivity index (χ4n) is 1.84. The molecule has 0 bridgehead atoms. The predicted octanol–water partition coefficient (Wildman–Crippen LogP) is 3.83. The van der Waals surface area contributed by atoms with E-state index in [9.17, 15) is 0 Å². The van der Waals surface area contributed by atoms with Gasteiger partial charge in [0.25, 0.3) is 0 Å². The quantitative estimate of drug-likeness (QED) is 0.915. The van der Waals surface area contributed by atoms with Crippen LogP contribution in [0.1, 0.15) is 24.1 Å². The molecule has 1 aliphatic carbocycles. The summed E-state index contributed by atoms with van der Waals surface area (Å²) < 4.78 is 1.09. The minimum atomic E-state index is -0.130. The number of thiazole rings is 1. The van der Waals surface area contributed by atoms with Crippen LogP contribution in [0, 0.1) is 6.92 Å². The molecule has 1 fully saturated rings. The number of aromatic nitrogens is 1. The highest BCUT2D eigenvalue weighted by Gasteiger charge is 2.42. The van der Waals surface area contributed by atoms with Gasteiger partial charge in [-0.25, -0.2) is 4.98 Å². The minimum Gasteiger partial charge on any atom is -0.320 e. The topological polar surface area (TPSA) is 38.9 Å². The summed E-state index contributed by atoms with van der Waals surface area (Å²) in [6.45, 7) is 2.11. The molecule has 17 heavy (non-hydrogen) atoms. The number of rotatable bonds is 2. The summed E-state index contributed by atoms with van der Waals surface area (Å²) in [5, 5.41) is 3.17. The van der Waals surface area contributed by atoms with E-state index < -0.39 is 0 Å². The number of hydrogen-bond donors (Lipinski definition) is 1. The van der Waals surface area contributed by atoms with Crippen molar-refractivity contribution < 1.29 is 0 Å². The Morgan fingerprint density at radius 3 is 2.88 bits per heavy atom. The highest BCUT2D eigenvalue weighted by Crippen LogP contribution is 2.44. The van der Waals surface area contributed by atoms with E-state index in [-0.39, 0.29) is 5.54 Å². The Bertz CT molecular complexity index is 573. The van der Waals surface area contributed by atoms with E-state index in [0.717, 1.165) is 28.0 Å². The molecule has 1 aromatic carbocycles. The van der Waals surface area contributed by atoms with Crippen molar-refractivity contribution in [2.24, 2.45) is 5.73 Å². The maximum absolute atomic E-state index is 6.16. The zero-order valence-electron chi connectivity index (χ0n) is 9.53.